The van der Waals surface area contributed by atoms with Gasteiger partial charge in [0.2, 0.25) is 5.91 Å². The predicted molar refractivity (Wildman–Crippen MR) is 187 cm³/mol. The van der Waals surface area contributed by atoms with Crippen LogP contribution in [0.4, 0.5) is 4.79 Å². The minimum absolute atomic E-state index is 0.0933. The van der Waals surface area contributed by atoms with Crippen LogP contribution in [0.2, 0.25) is 0 Å². The highest BCUT2D eigenvalue weighted by atomic mass is 16.8. The van der Waals surface area contributed by atoms with Crippen molar-refractivity contribution in [2.24, 2.45) is 0 Å². The van der Waals surface area contributed by atoms with Gasteiger partial charge in [0.1, 0.15) is 42.3 Å². The molecular weight excluding hydrogens is 686 g/mol. The summed E-state index contributed by atoms with van der Waals surface area (Å²) in [7, 11) is 1.52. The molecule has 3 aromatic carbocycles. The maximum atomic E-state index is 13.1. The number of carbonyl (C=O) groups is 2. The number of rotatable bonds is 14. The van der Waals surface area contributed by atoms with Gasteiger partial charge in [0.15, 0.2) is 24.8 Å². The molecule has 4 saturated heterocycles. The van der Waals surface area contributed by atoms with Crippen LogP contribution in [-0.2, 0) is 72.0 Å². The predicted octanol–water partition coefficient (Wildman–Crippen LogP) is 4.74. The zero-order valence-electron chi connectivity index (χ0n) is 30.3. The lowest BCUT2D eigenvalue weighted by atomic mass is 9.95. The molecule has 13 heteroatoms. The Balaban J connectivity index is 1.16. The molecular formula is C40H47NO12. The number of methoxy groups -OCH3 is 1. The molecule has 0 aromatic heterocycles. The van der Waals surface area contributed by atoms with Crippen LogP contribution in [0.1, 0.15) is 37.5 Å². The first-order valence-electron chi connectivity index (χ1n) is 17.9. The van der Waals surface area contributed by atoms with Gasteiger partial charge in [-0.05, 0) is 30.5 Å². The van der Waals surface area contributed by atoms with Crippen molar-refractivity contribution in [3.63, 3.8) is 0 Å². The third kappa shape index (κ3) is 8.43. The van der Waals surface area contributed by atoms with Gasteiger partial charge in [-0.25, -0.2) is 4.79 Å². The van der Waals surface area contributed by atoms with Crippen molar-refractivity contribution in [1.29, 1.82) is 0 Å². The van der Waals surface area contributed by atoms with Gasteiger partial charge in [0, 0.05) is 14.0 Å². The maximum absolute atomic E-state index is 13.1. The third-order valence-electron chi connectivity index (χ3n) is 9.91. The molecule has 0 unspecified atom stereocenters. The molecule has 13 nitrogen and oxygen atoms in total. The van der Waals surface area contributed by atoms with Crippen LogP contribution in [0.25, 0.3) is 0 Å². The van der Waals surface area contributed by atoms with E-state index in [4.69, 9.17) is 47.4 Å². The summed E-state index contributed by atoms with van der Waals surface area (Å²) < 4.78 is 62.6. The third-order valence-corrected chi connectivity index (χ3v) is 9.91. The molecule has 7 rings (SSSR count). The number of amides is 1. The van der Waals surface area contributed by atoms with Crippen molar-refractivity contribution in [1.82, 2.24) is 4.90 Å². The molecule has 53 heavy (non-hydrogen) atoms. The molecule has 3 aromatic rings. The van der Waals surface area contributed by atoms with Gasteiger partial charge >= 0.3 is 6.16 Å². The van der Waals surface area contributed by atoms with E-state index in [0.717, 1.165) is 16.7 Å². The molecule has 4 heterocycles. The van der Waals surface area contributed by atoms with Crippen LogP contribution in [0, 0.1) is 0 Å². The molecule has 0 N–H and O–H groups in total. The van der Waals surface area contributed by atoms with E-state index in [1.54, 1.807) is 4.90 Å². The normalized spacial score (nSPS) is 31.7. The van der Waals surface area contributed by atoms with Crippen molar-refractivity contribution in [3.8, 4) is 0 Å². The van der Waals surface area contributed by atoms with Crippen molar-refractivity contribution in [2.45, 2.75) is 108 Å². The summed E-state index contributed by atoms with van der Waals surface area (Å²) in [5, 5.41) is 0. The average Bonchev–Trinajstić information content (AvgIpc) is 3.69. The van der Waals surface area contributed by atoms with Crippen LogP contribution in [0.5, 0.6) is 0 Å². The molecule has 4 fully saturated rings. The summed E-state index contributed by atoms with van der Waals surface area (Å²) in [6.07, 6.45) is -8.60. The Hall–Kier alpha value is -3.92. The average molecular weight is 734 g/mol. The highest BCUT2D eigenvalue weighted by molar-refractivity contribution is 5.75. The summed E-state index contributed by atoms with van der Waals surface area (Å²) in [4.78, 5) is 27.5. The van der Waals surface area contributed by atoms with E-state index >= 15 is 0 Å². The number of ether oxygens (including phenoxy) is 10. The zero-order chi connectivity index (χ0) is 37.0. The first-order valence-corrected chi connectivity index (χ1v) is 17.9. The van der Waals surface area contributed by atoms with Gasteiger partial charge in [-0.1, -0.05) is 91.0 Å². The van der Waals surface area contributed by atoms with Crippen molar-refractivity contribution in [3.05, 3.63) is 108 Å². The second-order valence-corrected chi connectivity index (χ2v) is 14.0. The number of carbonyl (C=O) groups excluding carboxylic acids is 2. The van der Waals surface area contributed by atoms with Crippen molar-refractivity contribution >= 4 is 12.1 Å². The quantitative estimate of drug-likeness (QED) is 0.212. The van der Waals surface area contributed by atoms with Gasteiger partial charge in [0.25, 0.3) is 0 Å². The summed E-state index contributed by atoms with van der Waals surface area (Å²) >= 11 is 0. The molecule has 284 valence electrons. The fraction of sp³-hybridized carbons (Fsp3) is 0.500. The van der Waals surface area contributed by atoms with Crippen molar-refractivity contribution in [2.75, 3.05) is 20.3 Å². The molecule has 0 saturated carbocycles. The van der Waals surface area contributed by atoms with Crippen LogP contribution in [0.15, 0.2) is 91.0 Å². The standard InChI is InChI=1S/C40H47NO12/c1-25(42)41-31-34(53-40(41,2)3)33(30(48-37(31)44-4)24-46-21-27-16-10-6-11-17-27)50-38-36-35(51-39(43)52-36)32(47-22-28-18-12-7-13-19-28)29(49-38)23-45-20-26-14-8-5-9-15-26/h5-19,29-38H,20-24H2,1-4H3/t29-,30-,31-,32-,33-,34-,35+,36-,37+,38+/m1/s1. The smallest absolute Gasteiger partial charge is 0.424 e. The Kier molecular flexibility index (Phi) is 11.7. The van der Waals surface area contributed by atoms with Crippen LogP contribution in [-0.4, -0.2) is 104 Å². The Bertz CT molecular complexity index is 1650. The van der Waals surface area contributed by atoms with E-state index < -0.39 is 73.2 Å². The van der Waals surface area contributed by atoms with Gasteiger partial charge in [-0.15, -0.1) is 0 Å². The number of fused-ring (bicyclic) bond motifs is 2. The van der Waals surface area contributed by atoms with Gasteiger partial charge < -0.3 is 52.3 Å². The second-order valence-electron chi connectivity index (χ2n) is 14.0. The Morgan fingerprint density at radius 1 is 0.698 bits per heavy atom. The number of hydrogen-bond acceptors (Lipinski definition) is 12. The van der Waals surface area contributed by atoms with E-state index in [9.17, 15) is 9.59 Å². The highest BCUT2D eigenvalue weighted by Gasteiger charge is 2.63. The Labute approximate surface area is 309 Å². The topological polar surface area (TPSA) is 130 Å². The van der Waals surface area contributed by atoms with Crippen molar-refractivity contribution < 1.29 is 57.0 Å². The van der Waals surface area contributed by atoms with E-state index in [0.29, 0.717) is 13.2 Å². The molecule has 4 aliphatic heterocycles. The lowest BCUT2D eigenvalue weighted by Crippen LogP contribution is -2.65. The highest BCUT2D eigenvalue weighted by Crippen LogP contribution is 2.43. The lowest BCUT2D eigenvalue weighted by molar-refractivity contribution is -0.339. The summed E-state index contributed by atoms with van der Waals surface area (Å²) in [6.45, 7) is 6.17. The number of nitrogens with zero attached hydrogens (tertiary/aromatic N) is 1. The van der Waals surface area contributed by atoms with Gasteiger partial charge in [-0.2, -0.15) is 0 Å². The summed E-state index contributed by atoms with van der Waals surface area (Å²) in [5.41, 5.74) is 1.88. The summed E-state index contributed by atoms with van der Waals surface area (Å²) in [6, 6.07) is 28.5. The number of hydrogen-bond donors (Lipinski definition) is 0. The minimum Gasteiger partial charge on any atom is -0.424 e. The molecule has 0 aliphatic carbocycles. The minimum atomic E-state index is -1.16. The molecule has 0 radical (unpaired) electrons. The number of benzene rings is 3. The first kappa shape index (κ1) is 37.4. The Morgan fingerprint density at radius 2 is 1.21 bits per heavy atom. The SMILES string of the molecule is CO[C@H]1O[C@H](COCc2ccccc2)[C@@H](O[C@@H]2O[C@H](COCc3ccccc3)[C@@H](OCc3ccccc3)[C@@H]3OC(=O)O[C@@H]23)[C@@H]2OC(C)(C)N(C(C)=O)[C@@H]12. The first-order chi connectivity index (χ1) is 25.7. The van der Waals surface area contributed by atoms with E-state index in [-0.39, 0.29) is 25.7 Å². The monoisotopic (exact) mass is 733 g/mol. The Morgan fingerprint density at radius 3 is 1.75 bits per heavy atom. The molecule has 0 spiro atoms. The maximum Gasteiger partial charge on any atom is 0.509 e. The molecule has 1 amide bonds. The van der Waals surface area contributed by atoms with Gasteiger partial charge in [0.05, 0.1) is 33.0 Å². The fourth-order valence-corrected chi connectivity index (χ4v) is 7.62. The van der Waals surface area contributed by atoms with Gasteiger partial charge in [-0.3, -0.25) is 4.79 Å². The molecule has 0 bridgehead atoms. The van der Waals surface area contributed by atoms with Crippen LogP contribution < -0.4 is 0 Å². The lowest BCUT2D eigenvalue weighted by Gasteiger charge is -2.47. The van der Waals surface area contributed by atoms with E-state index in [1.807, 2.05) is 105 Å². The summed E-state index contributed by atoms with van der Waals surface area (Å²) in [5.74, 6) is -0.216. The second kappa shape index (κ2) is 16.6. The van der Waals surface area contributed by atoms with Crippen LogP contribution >= 0.6 is 0 Å². The zero-order valence-corrected chi connectivity index (χ0v) is 30.3. The molecule has 10 atom stereocenters. The fourth-order valence-electron chi connectivity index (χ4n) is 7.62. The van der Waals surface area contributed by atoms with E-state index in [2.05, 4.69) is 0 Å². The largest absolute Gasteiger partial charge is 0.509 e. The van der Waals surface area contributed by atoms with Crippen LogP contribution in [0.3, 0.4) is 0 Å². The molecule has 4 aliphatic rings. The van der Waals surface area contributed by atoms with E-state index in [1.165, 1.54) is 14.0 Å².